The molecule has 0 bridgehead atoms. The first-order valence-corrected chi connectivity index (χ1v) is 6.48. The van der Waals surface area contributed by atoms with Gasteiger partial charge in [-0.05, 0) is 13.3 Å². The number of hydrogen-bond acceptors (Lipinski definition) is 3. The van der Waals surface area contributed by atoms with Gasteiger partial charge in [-0.15, -0.1) is 0 Å². The van der Waals surface area contributed by atoms with Crippen molar-refractivity contribution in [3.05, 3.63) is 0 Å². The van der Waals surface area contributed by atoms with E-state index >= 15 is 0 Å². The summed E-state index contributed by atoms with van der Waals surface area (Å²) in [6.45, 7) is 4.93. The Kier molecular flexibility index (Phi) is 5.33. The summed E-state index contributed by atoms with van der Waals surface area (Å²) in [6, 6.07) is 0.957. The zero-order valence-electron chi connectivity index (χ0n) is 9.01. The molecule has 0 aromatic heterocycles. The van der Waals surface area contributed by atoms with Crippen molar-refractivity contribution in [1.29, 1.82) is 0 Å². The molecule has 1 heterocycles. The molecule has 4 heteroatoms. The summed E-state index contributed by atoms with van der Waals surface area (Å²) in [7, 11) is 0. The van der Waals surface area contributed by atoms with Crippen LogP contribution in [-0.4, -0.2) is 36.0 Å². The van der Waals surface area contributed by atoms with Gasteiger partial charge in [-0.25, -0.2) is 0 Å². The van der Waals surface area contributed by atoms with Crippen molar-refractivity contribution in [2.75, 3.05) is 18.1 Å². The molecule has 1 rings (SSSR count). The zero-order chi connectivity index (χ0) is 10.4. The molecular weight excluding hydrogens is 196 g/mol. The van der Waals surface area contributed by atoms with E-state index in [4.69, 9.17) is 0 Å². The minimum absolute atomic E-state index is 0.166. The SMILES string of the molecule is CCC(C)NC(=O)CCNC1CSC1. The topological polar surface area (TPSA) is 41.1 Å². The lowest BCUT2D eigenvalue weighted by Gasteiger charge is -2.25. The first-order chi connectivity index (χ1) is 6.72. The molecule has 1 atom stereocenters. The largest absolute Gasteiger partial charge is 0.354 e. The number of carbonyl (C=O) groups is 1. The predicted molar refractivity (Wildman–Crippen MR) is 61.6 cm³/mol. The number of carbonyl (C=O) groups excluding carboxylic acids is 1. The van der Waals surface area contributed by atoms with Crippen LogP contribution in [0, 0.1) is 0 Å². The van der Waals surface area contributed by atoms with E-state index in [-0.39, 0.29) is 5.91 Å². The molecule has 0 radical (unpaired) electrons. The molecule has 3 nitrogen and oxygen atoms in total. The molecule has 0 aromatic rings. The molecule has 1 aliphatic rings. The molecule has 82 valence electrons. The molecule has 0 aromatic carbocycles. The summed E-state index contributed by atoms with van der Waals surface area (Å²) in [5, 5.41) is 6.31. The fourth-order valence-corrected chi connectivity index (χ4v) is 1.90. The van der Waals surface area contributed by atoms with Crippen molar-refractivity contribution >= 4 is 17.7 Å². The van der Waals surface area contributed by atoms with Crippen LogP contribution in [0.25, 0.3) is 0 Å². The Morgan fingerprint density at radius 3 is 2.79 bits per heavy atom. The van der Waals surface area contributed by atoms with E-state index in [9.17, 15) is 4.79 Å². The highest BCUT2D eigenvalue weighted by Crippen LogP contribution is 2.16. The van der Waals surface area contributed by atoms with Crippen LogP contribution >= 0.6 is 11.8 Å². The van der Waals surface area contributed by atoms with E-state index in [2.05, 4.69) is 17.6 Å². The quantitative estimate of drug-likeness (QED) is 0.696. The van der Waals surface area contributed by atoms with Gasteiger partial charge in [0.2, 0.25) is 5.91 Å². The van der Waals surface area contributed by atoms with Gasteiger partial charge in [0.05, 0.1) is 0 Å². The number of thioether (sulfide) groups is 1. The van der Waals surface area contributed by atoms with Crippen LogP contribution in [0.5, 0.6) is 0 Å². The van der Waals surface area contributed by atoms with E-state index in [0.717, 1.165) is 13.0 Å². The van der Waals surface area contributed by atoms with Crippen molar-refractivity contribution in [1.82, 2.24) is 10.6 Å². The van der Waals surface area contributed by atoms with Crippen LogP contribution in [-0.2, 0) is 4.79 Å². The molecule has 14 heavy (non-hydrogen) atoms. The van der Waals surface area contributed by atoms with E-state index in [1.165, 1.54) is 11.5 Å². The van der Waals surface area contributed by atoms with Gasteiger partial charge >= 0.3 is 0 Å². The summed E-state index contributed by atoms with van der Waals surface area (Å²) in [6.07, 6.45) is 1.60. The number of amides is 1. The maximum atomic E-state index is 11.3. The van der Waals surface area contributed by atoms with E-state index < -0.39 is 0 Å². The number of rotatable bonds is 6. The Labute approximate surface area is 90.4 Å². The van der Waals surface area contributed by atoms with Crippen molar-refractivity contribution in [2.24, 2.45) is 0 Å². The first kappa shape index (κ1) is 11.9. The second-order valence-corrected chi connectivity index (χ2v) is 4.89. The molecule has 0 saturated carbocycles. The van der Waals surface area contributed by atoms with Gasteiger partial charge in [-0.1, -0.05) is 6.92 Å². The van der Waals surface area contributed by atoms with Crippen LogP contribution in [0.3, 0.4) is 0 Å². The van der Waals surface area contributed by atoms with Crippen molar-refractivity contribution in [3.63, 3.8) is 0 Å². The fraction of sp³-hybridized carbons (Fsp3) is 0.900. The molecule has 1 fully saturated rings. The van der Waals surface area contributed by atoms with Crippen molar-refractivity contribution in [2.45, 2.75) is 38.8 Å². The normalized spacial score (nSPS) is 18.7. The smallest absolute Gasteiger partial charge is 0.221 e. The second kappa shape index (κ2) is 6.30. The highest BCUT2D eigenvalue weighted by atomic mass is 32.2. The predicted octanol–water partition coefficient (Wildman–Crippen LogP) is 0.996. The maximum Gasteiger partial charge on any atom is 0.221 e. The number of hydrogen-bond donors (Lipinski definition) is 2. The summed E-state index contributed by atoms with van der Waals surface area (Å²) < 4.78 is 0. The van der Waals surface area contributed by atoms with Gasteiger partial charge < -0.3 is 10.6 Å². The Bertz CT molecular complexity index is 183. The molecule has 1 amide bonds. The van der Waals surface area contributed by atoms with Crippen molar-refractivity contribution < 1.29 is 4.79 Å². The number of nitrogens with one attached hydrogen (secondary N) is 2. The summed E-state index contributed by atoms with van der Waals surface area (Å²) in [5.74, 6) is 2.57. The summed E-state index contributed by atoms with van der Waals surface area (Å²) >= 11 is 1.96. The van der Waals surface area contributed by atoms with Gasteiger partial charge in [0.1, 0.15) is 0 Å². The standard InChI is InChI=1S/C10H20N2OS/c1-3-8(2)12-10(13)4-5-11-9-6-14-7-9/h8-9,11H,3-7H2,1-2H3,(H,12,13). The molecule has 1 saturated heterocycles. The third kappa shape index (κ3) is 4.33. The first-order valence-electron chi connectivity index (χ1n) is 5.33. The van der Waals surface area contributed by atoms with E-state index in [0.29, 0.717) is 18.5 Å². The third-order valence-electron chi connectivity index (χ3n) is 2.44. The molecular formula is C10H20N2OS. The molecule has 2 N–H and O–H groups in total. The zero-order valence-corrected chi connectivity index (χ0v) is 9.82. The Hall–Kier alpha value is -0.220. The average Bonchev–Trinajstić information content (AvgIpc) is 2.09. The van der Waals surface area contributed by atoms with E-state index in [1.807, 2.05) is 18.7 Å². The van der Waals surface area contributed by atoms with Crippen LogP contribution in [0.4, 0.5) is 0 Å². The van der Waals surface area contributed by atoms with Gasteiger partial charge in [-0.3, -0.25) is 4.79 Å². The Balaban J connectivity index is 1.96. The minimum Gasteiger partial charge on any atom is -0.354 e. The van der Waals surface area contributed by atoms with Crippen LogP contribution in [0.15, 0.2) is 0 Å². The highest BCUT2D eigenvalue weighted by Gasteiger charge is 2.17. The van der Waals surface area contributed by atoms with Crippen LogP contribution < -0.4 is 10.6 Å². The van der Waals surface area contributed by atoms with Gasteiger partial charge in [-0.2, -0.15) is 11.8 Å². The summed E-state index contributed by atoms with van der Waals surface area (Å²) in [4.78, 5) is 11.3. The highest BCUT2D eigenvalue weighted by molar-refractivity contribution is 8.00. The lowest BCUT2D eigenvalue weighted by Crippen LogP contribution is -2.42. The fourth-order valence-electron chi connectivity index (χ4n) is 1.19. The lowest BCUT2D eigenvalue weighted by atomic mass is 10.2. The van der Waals surface area contributed by atoms with Crippen LogP contribution in [0.2, 0.25) is 0 Å². The van der Waals surface area contributed by atoms with Crippen molar-refractivity contribution in [3.8, 4) is 0 Å². The Morgan fingerprint density at radius 2 is 2.29 bits per heavy atom. The van der Waals surface area contributed by atoms with E-state index in [1.54, 1.807) is 0 Å². The third-order valence-corrected chi connectivity index (χ3v) is 3.72. The second-order valence-electron chi connectivity index (χ2n) is 3.82. The molecule has 1 aliphatic heterocycles. The average molecular weight is 216 g/mol. The Morgan fingerprint density at radius 1 is 1.57 bits per heavy atom. The minimum atomic E-state index is 0.166. The monoisotopic (exact) mass is 216 g/mol. The molecule has 0 aliphatic carbocycles. The lowest BCUT2D eigenvalue weighted by molar-refractivity contribution is -0.121. The molecule has 0 spiro atoms. The molecule has 1 unspecified atom stereocenters. The van der Waals surface area contributed by atoms with Crippen LogP contribution in [0.1, 0.15) is 26.7 Å². The maximum absolute atomic E-state index is 11.3. The van der Waals surface area contributed by atoms with Gasteiger partial charge in [0.15, 0.2) is 0 Å². The van der Waals surface area contributed by atoms with Gasteiger partial charge in [0.25, 0.3) is 0 Å². The van der Waals surface area contributed by atoms with Gasteiger partial charge in [0, 0.05) is 36.6 Å². The summed E-state index contributed by atoms with van der Waals surface area (Å²) in [5.41, 5.74) is 0.